The molecule has 0 fully saturated rings. The number of aryl methyl sites for hydroxylation is 3. The van der Waals surface area contributed by atoms with Crippen LogP contribution in [-0.2, 0) is 32.1 Å². The van der Waals surface area contributed by atoms with Gasteiger partial charge in [-0.2, -0.15) is 12.7 Å². The first-order chi connectivity index (χ1) is 11.8. The van der Waals surface area contributed by atoms with Gasteiger partial charge in [0.2, 0.25) is 0 Å². The summed E-state index contributed by atoms with van der Waals surface area (Å²) < 4.78 is 28.5. The molecule has 1 heterocycles. The first-order valence-corrected chi connectivity index (χ1v) is 9.83. The van der Waals surface area contributed by atoms with E-state index in [1.165, 1.54) is 31.0 Å². The van der Waals surface area contributed by atoms with Gasteiger partial charge in [-0.1, -0.05) is 30.3 Å². The molecule has 1 amide bonds. The van der Waals surface area contributed by atoms with E-state index in [9.17, 15) is 13.2 Å². The maximum absolute atomic E-state index is 11.8. The van der Waals surface area contributed by atoms with E-state index in [1.807, 2.05) is 25.1 Å². The molecule has 0 aliphatic rings. The summed E-state index contributed by atoms with van der Waals surface area (Å²) in [4.78, 5) is 17.2. The van der Waals surface area contributed by atoms with Crippen molar-refractivity contribution in [1.29, 1.82) is 0 Å². The predicted molar refractivity (Wildman–Crippen MR) is 97.9 cm³/mol. The number of amides is 1. The van der Waals surface area contributed by atoms with Crippen molar-refractivity contribution in [3.63, 3.8) is 0 Å². The molecule has 9 heteroatoms. The van der Waals surface area contributed by atoms with E-state index < -0.39 is 22.8 Å². The number of carbonyl (C=O) groups is 1. The highest BCUT2D eigenvalue weighted by Gasteiger charge is 2.17. The number of nitrogens with one attached hydrogen (secondary N) is 1. The summed E-state index contributed by atoms with van der Waals surface area (Å²) in [5, 5.41) is 3.01. The van der Waals surface area contributed by atoms with Gasteiger partial charge in [0, 0.05) is 19.0 Å². The maximum atomic E-state index is 11.8. The quantitative estimate of drug-likeness (QED) is 0.753. The Labute approximate surface area is 151 Å². The van der Waals surface area contributed by atoms with E-state index >= 15 is 0 Å². The van der Waals surface area contributed by atoms with Crippen LogP contribution in [0.1, 0.15) is 16.1 Å². The number of hydrogen-bond donors (Lipinski definition) is 1. The molecule has 136 valence electrons. The third kappa shape index (κ3) is 5.89. The molecule has 2 rings (SSSR count). The van der Waals surface area contributed by atoms with Crippen molar-refractivity contribution in [2.75, 3.05) is 26.0 Å². The standard InChI is InChI=1S/C16H21N3O4S2/c1-12-14(10-9-13-7-5-4-6-8-13)24-16(17-12)18-15(20)11-23-25(21,22)19(2)3/h4-8H,9-11H2,1-3H3,(H,17,18,20). The van der Waals surface area contributed by atoms with E-state index in [4.69, 9.17) is 0 Å². The molecule has 0 radical (unpaired) electrons. The fraction of sp³-hybridized carbons (Fsp3) is 0.375. The highest BCUT2D eigenvalue weighted by Crippen LogP contribution is 2.24. The van der Waals surface area contributed by atoms with E-state index in [2.05, 4.69) is 26.6 Å². The minimum absolute atomic E-state index is 0.441. The van der Waals surface area contributed by atoms with Crippen LogP contribution in [0.2, 0.25) is 0 Å². The van der Waals surface area contributed by atoms with Crippen molar-refractivity contribution in [2.24, 2.45) is 0 Å². The Hall–Kier alpha value is -1.81. The zero-order chi connectivity index (χ0) is 18.4. The monoisotopic (exact) mass is 383 g/mol. The molecule has 0 spiro atoms. The maximum Gasteiger partial charge on any atom is 0.338 e. The zero-order valence-electron chi connectivity index (χ0n) is 14.4. The second kappa shape index (κ2) is 8.52. The van der Waals surface area contributed by atoms with Gasteiger partial charge in [0.1, 0.15) is 6.61 Å². The van der Waals surface area contributed by atoms with Gasteiger partial charge in [0.25, 0.3) is 5.91 Å². The Kier molecular flexibility index (Phi) is 6.65. The van der Waals surface area contributed by atoms with Gasteiger partial charge in [0.15, 0.2) is 5.13 Å². The first kappa shape index (κ1) is 19.5. The second-order valence-corrected chi connectivity index (χ2v) is 8.47. The van der Waals surface area contributed by atoms with Crippen LogP contribution < -0.4 is 5.32 Å². The Morgan fingerprint density at radius 2 is 1.92 bits per heavy atom. The number of nitrogens with zero attached hydrogens (tertiary/aromatic N) is 2. The topological polar surface area (TPSA) is 88.6 Å². The smallest absolute Gasteiger partial charge is 0.300 e. The molecule has 2 aromatic rings. The molecule has 0 unspecified atom stereocenters. The number of hydrogen-bond acceptors (Lipinski definition) is 6. The Bertz CT molecular complexity index is 817. The average Bonchev–Trinajstić information content (AvgIpc) is 2.91. The summed E-state index contributed by atoms with van der Waals surface area (Å²) in [6, 6.07) is 10.1. The lowest BCUT2D eigenvalue weighted by Gasteiger charge is -2.10. The van der Waals surface area contributed by atoms with Crippen LogP contribution in [0, 0.1) is 6.92 Å². The summed E-state index contributed by atoms with van der Waals surface area (Å²) >= 11 is 1.39. The van der Waals surface area contributed by atoms with Gasteiger partial charge < -0.3 is 0 Å². The van der Waals surface area contributed by atoms with Crippen LogP contribution in [0.3, 0.4) is 0 Å². The van der Waals surface area contributed by atoms with Crippen LogP contribution in [0.5, 0.6) is 0 Å². The largest absolute Gasteiger partial charge is 0.338 e. The molecular formula is C16H21N3O4S2. The number of carbonyl (C=O) groups excluding carboxylic acids is 1. The fourth-order valence-corrected chi connectivity index (χ4v) is 3.45. The Morgan fingerprint density at radius 1 is 1.24 bits per heavy atom. The van der Waals surface area contributed by atoms with Crippen molar-refractivity contribution >= 4 is 32.7 Å². The lowest BCUT2D eigenvalue weighted by Crippen LogP contribution is -2.28. The van der Waals surface area contributed by atoms with Crippen molar-refractivity contribution in [3.05, 3.63) is 46.5 Å². The molecule has 1 N–H and O–H groups in total. The van der Waals surface area contributed by atoms with Gasteiger partial charge in [-0.05, 0) is 25.3 Å². The molecule has 7 nitrogen and oxygen atoms in total. The molecule has 0 atom stereocenters. The number of anilines is 1. The van der Waals surface area contributed by atoms with Crippen LogP contribution >= 0.6 is 11.3 Å². The van der Waals surface area contributed by atoms with Crippen LogP contribution in [0.4, 0.5) is 5.13 Å². The van der Waals surface area contributed by atoms with Gasteiger partial charge in [-0.3, -0.25) is 10.1 Å². The van der Waals surface area contributed by atoms with Gasteiger partial charge in [0.05, 0.1) is 5.69 Å². The number of aromatic nitrogens is 1. The van der Waals surface area contributed by atoms with Gasteiger partial charge >= 0.3 is 10.3 Å². The molecule has 25 heavy (non-hydrogen) atoms. The predicted octanol–water partition coefficient (Wildman–Crippen LogP) is 2.00. The van der Waals surface area contributed by atoms with Gasteiger partial charge in [-0.15, -0.1) is 11.3 Å². The molecule has 0 aliphatic carbocycles. The highest BCUT2D eigenvalue weighted by molar-refractivity contribution is 7.84. The van der Waals surface area contributed by atoms with Crippen LogP contribution in [-0.4, -0.2) is 44.3 Å². The van der Waals surface area contributed by atoms with E-state index in [1.54, 1.807) is 0 Å². The van der Waals surface area contributed by atoms with E-state index in [0.29, 0.717) is 5.13 Å². The van der Waals surface area contributed by atoms with E-state index in [-0.39, 0.29) is 0 Å². The minimum Gasteiger partial charge on any atom is -0.300 e. The summed E-state index contributed by atoms with van der Waals surface area (Å²) in [6.45, 7) is 1.30. The summed E-state index contributed by atoms with van der Waals surface area (Å²) in [7, 11) is -1.21. The highest BCUT2D eigenvalue weighted by atomic mass is 32.2. The second-order valence-electron chi connectivity index (χ2n) is 5.56. The molecule has 0 aliphatic heterocycles. The molecule has 0 saturated heterocycles. The zero-order valence-corrected chi connectivity index (χ0v) is 16.0. The fourth-order valence-electron chi connectivity index (χ4n) is 2.00. The molecule has 1 aromatic carbocycles. The lowest BCUT2D eigenvalue weighted by atomic mass is 10.1. The first-order valence-electron chi connectivity index (χ1n) is 7.65. The Morgan fingerprint density at radius 3 is 2.56 bits per heavy atom. The molecule has 0 bridgehead atoms. The SMILES string of the molecule is Cc1nc(NC(=O)COS(=O)(=O)N(C)C)sc1CCc1ccccc1. The third-order valence-corrected chi connectivity index (χ3v) is 5.85. The normalized spacial score (nSPS) is 11.7. The summed E-state index contributed by atoms with van der Waals surface area (Å²) in [5.41, 5.74) is 2.10. The summed E-state index contributed by atoms with van der Waals surface area (Å²) in [6.07, 6.45) is 1.72. The van der Waals surface area contributed by atoms with Crippen LogP contribution in [0.25, 0.3) is 0 Å². The minimum atomic E-state index is -3.87. The van der Waals surface area contributed by atoms with E-state index in [0.717, 1.165) is 27.7 Å². The third-order valence-electron chi connectivity index (χ3n) is 3.41. The number of thiazole rings is 1. The van der Waals surface area contributed by atoms with Crippen molar-refractivity contribution in [3.8, 4) is 0 Å². The number of rotatable bonds is 8. The Balaban J connectivity index is 1.90. The summed E-state index contributed by atoms with van der Waals surface area (Å²) in [5.74, 6) is -0.561. The molecule has 0 saturated carbocycles. The van der Waals surface area contributed by atoms with Crippen molar-refractivity contribution < 1.29 is 17.4 Å². The van der Waals surface area contributed by atoms with Crippen molar-refractivity contribution in [2.45, 2.75) is 19.8 Å². The number of benzene rings is 1. The average molecular weight is 383 g/mol. The molecule has 1 aromatic heterocycles. The van der Waals surface area contributed by atoms with Crippen molar-refractivity contribution in [1.82, 2.24) is 9.29 Å². The van der Waals surface area contributed by atoms with Gasteiger partial charge in [-0.25, -0.2) is 9.17 Å². The van der Waals surface area contributed by atoms with Crippen LogP contribution in [0.15, 0.2) is 30.3 Å². The lowest BCUT2D eigenvalue weighted by molar-refractivity contribution is -0.118. The molecular weight excluding hydrogens is 362 g/mol.